The van der Waals surface area contributed by atoms with E-state index in [0.717, 1.165) is 42.4 Å². The molecule has 0 radical (unpaired) electrons. The van der Waals surface area contributed by atoms with Crippen molar-refractivity contribution in [1.29, 1.82) is 0 Å². The zero-order chi connectivity index (χ0) is 23.2. The molecule has 1 N–H and O–H groups in total. The number of hydrogen-bond acceptors (Lipinski definition) is 6. The third kappa shape index (κ3) is 5.84. The second-order valence-corrected chi connectivity index (χ2v) is 9.29. The maximum Gasteiger partial charge on any atom is 0.256 e. The first-order valence-electron chi connectivity index (χ1n) is 11.1. The Labute approximate surface area is 197 Å². The lowest BCUT2D eigenvalue weighted by Crippen LogP contribution is -2.43. The van der Waals surface area contributed by atoms with Crippen molar-refractivity contribution in [3.05, 3.63) is 59.3 Å². The van der Waals surface area contributed by atoms with Crippen LogP contribution in [0.2, 0.25) is 0 Å². The predicted octanol–water partition coefficient (Wildman–Crippen LogP) is 2.67. The molecule has 0 aliphatic carbocycles. The highest BCUT2D eigenvalue weighted by Gasteiger charge is 2.30. The Morgan fingerprint density at radius 1 is 1.18 bits per heavy atom. The van der Waals surface area contributed by atoms with E-state index in [4.69, 9.17) is 9.40 Å². The number of carbonyl (C=O) groups is 3. The van der Waals surface area contributed by atoms with Crippen LogP contribution in [0, 0.1) is 6.92 Å². The largest absolute Gasteiger partial charge is 0.465 e. The first-order valence-corrected chi connectivity index (χ1v) is 12.3. The smallest absolute Gasteiger partial charge is 0.256 e. The normalized spacial score (nSPS) is 17.0. The van der Waals surface area contributed by atoms with E-state index in [-0.39, 0.29) is 30.2 Å². The van der Waals surface area contributed by atoms with E-state index in [1.807, 2.05) is 24.0 Å². The van der Waals surface area contributed by atoms with Crippen LogP contribution in [0.1, 0.15) is 46.3 Å². The summed E-state index contributed by atoms with van der Waals surface area (Å²) in [7, 11) is 0. The predicted molar refractivity (Wildman–Crippen MR) is 127 cm³/mol. The molecule has 0 saturated carbocycles. The minimum absolute atomic E-state index is 0.0475. The van der Waals surface area contributed by atoms with Crippen LogP contribution < -0.4 is 5.32 Å². The SMILES string of the molecule is Cc1ccc(C(=O)N2CCSC2)c(C2CCN(C(=O)CNC(=O)C=Cc3ccco3)CC2)n1. The summed E-state index contributed by atoms with van der Waals surface area (Å²) in [5.74, 6) is 1.99. The van der Waals surface area contributed by atoms with E-state index in [1.165, 1.54) is 12.3 Å². The molecule has 0 atom stereocenters. The zero-order valence-electron chi connectivity index (χ0n) is 18.7. The molecule has 0 aromatic carbocycles. The molecule has 2 fully saturated rings. The van der Waals surface area contributed by atoms with Gasteiger partial charge >= 0.3 is 0 Å². The van der Waals surface area contributed by atoms with Crippen LogP contribution in [-0.4, -0.2) is 70.3 Å². The number of likely N-dealkylation sites (tertiary alicyclic amines) is 1. The number of aromatic nitrogens is 1. The molecule has 2 aromatic heterocycles. The number of hydrogen-bond donors (Lipinski definition) is 1. The van der Waals surface area contributed by atoms with Gasteiger partial charge in [-0.2, -0.15) is 0 Å². The van der Waals surface area contributed by atoms with Gasteiger partial charge in [0.25, 0.3) is 5.91 Å². The maximum absolute atomic E-state index is 13.0. The second kappa shape index (κ2) is 10.7. The molecule has 3 amide bonds. The van der Waals surface area contributed by atoms with Gasteiger partial charge in [-0.3, -0.25) is 19.4 Å². The summed E-state index contributed by atoms with van der Waals surface area (Å²) in [6.45, 7) is 3.80. The van der Waals surface area contributed by atoms with Gasteiger partial charge in [-0.1, -0.05) is 0 Å². The summed E-state index contributed by atoms with van der Waals surface area (Å²) in [5, 5.41) is 2.62. The molecule has 4 rings (SSSR count). The number of aryl methyl sites for hydroxylation is 1. The Kier molecular flexibility index (Phi) is 7.49. The standard InChI is InChI=1S/C24H28N4O4S/c1-17-4-6-20(24(31)28-12-14-33-16-28)23(26-17)18-8-10-27(11-9-18)22(30)15-25-21(29)7-5-19-3-2-13-32-19/h2-7,13,18H,8-12,14-16H2,1H3,(H,25,29). The minimum Gasteiger partial charge on any atom is -0.465 e. The van der Waals surface area contributed by atoms with Crippen molar-refractivity contribution in [2.45, 2.75) is 25.7 Å². The lowest BCUT2D eigenvalue weighted by Gasteiger charge is -2.32. The van der Waals surface area contributed by atoms with Crippen molar-refractivity contribution in [3.63, 3.8) is 0 Å². The van der Waals surface area contributed by atoms with Gasteiger partial charge in [0, 0.05) is 43.1 Å². The summed E-state index contributed by atoms with van der Waals surface area (Å²) >= 11 is 1.76. The van der Waals surface area contributed by atoms with Crippen LogP contribution in [0.4, 0.5) is 0 Å². The van der Waals surface area contributed by atoms with Gasteiger partial charge < -0.3 is 19.5 Å². The van der Waals surface area contributed by atoms with Gasteiger partial charge in [0.15, 0.2) is 0 Å². The third-order valence-corrected chi connectivity index (χ3v) is 6.89. The lowest BCUT2D eigenvalue weighted by molar-refractivity contribution is -0.133. The number of rotatable bonds is 6. The molecule has 33 heavy (non-hydrogen) atoms. The molecular weight excluding hydrogens is 440 g/mol. The first-order chi connectivity index (χ1) is 16.0. The van der Waals surface area contributed by atoms with Crippen molar-refractivity contribution in [1.82, 2.24) is 20.1 Å². The van der Waals surface area contributed by atoms with Crippen molar-refractivity contribution in [2.24, 2.45) is 0 Å². The van der Waals surface area contributed by atoms with E-state index in [1.54, 1.807) is 34.9 Å². The Morgan fingerprint density at radius 2 is 2.00 bits per heavy atom. The number of pyridine rings is 1. The van der Waals surface area contributed by atoms with E-state index in [0.29, 0.717) is 24.4 Å². The van der Waals surface area contributed by atoms with Gasteiger partial charge in [-0.25, -0.2) is 0 Å². The number of carbonyl (C=O) groups excluding carboxylic acids is 3. The summed E-state index contributed by atoms with van der Waals surface area (Å²) in [6.07, 6.45) is 5.91. The van der Waals surface area contributed by atoms with Crippen LogP contribution in [0.5, 0.6) is 0 Å². The number of amides is 3. The van der Waals surface area contributed by atoms with Crippen LogP contribution in [0.3, 0.4) is 0 Å². The third-order valence-electron chi connectivity index (χ3n) is 5.92. The maximum atomic E-state index is 13.0. The molecule has 9 heteroatoms. The minimum atomic E-state index is -0.346. The van der Waals surface area contributed by atoms with Gasteiger partial charge in [0.05, 0.1) is 29.9 Å². The topological polar surface area (TPSA) is 95.8 Å². The van der Waals surface area contributed by atoms with E-state index in [9.17, 15) is 14.4 Å². The second-order valence-electron chi connectivity index (χ2n) is 8.21. The quantitative estimate of drug-likeness (QED) is 0.655. The highest BCUT2D eigenvalue weighted by molar-refractivity contribution is 7.99. The van der Waals surface area contributed by atoms with Gasteiger partial charge in [-0.05, 0) is 50.1 Å². The molecule has 0 spiro atoms. The van der Waals surface area contributed by atoms with Gasteiger partial charge in [-0.15, -0.1) is 11.8 Å². The zero-order valence-corrected chi connectivity index (χ0v) is 19.5. The number of nitrogens with zero attached hydrogens (tertiary/aromatic N) is 3. The number of nitrogens with one attached hydrogen (secondary N) is 1. The fraction of sp³-hybridized carbons (Fsp3) is 0.417. The average molecular weight is 469 g/mol. The molecule has 0 unspecified atom stereocenters. The Bertz CT molecular complexity index is 1020. The van der Waals surface area contributed by atoms with Crippen LogP contribution >= 0.6 is 11.8 Å². The highest BCUT2D eigenvalue weighted by atomic mass is 32.2. The molecule has 2 aliphatic rings. The summed E-state index contributed by atoms with van der Waals surface area (Å²) in [4.78, 5) is 45.9. The van der Waals surface area contributed by atoms with Crippen molar-refractivity contribution in [2.75, 3.05) is 37.8 Å². The van der Waals surface area contributed by atoms with Gasteiger partial charge in [0.2, 0.25) is 11.8 Å². The van der Waals surface area contributed by atoms with E-state index < -0.39 is 0 Å². The van der Waals surface area contributed by atoms with Crippen LogP contribution in [0.15, 0.2) is 41.0 Å². The Hall–Kier alpha value is -3.07. The molecule has 2 aromatic rings. The van der Waals surface area contributed by atoms with Crippen molar-refractivity contribution < 1.29 is 18.8 Å². The number of piperidine rings is 1. The fourth-order valence-electron chi connectivity index (χ4n) is 4.09. The van der Waals surface area contributed by atoms with Crippen LogP contribution in [-0.2, 0) is 9.59 Å². The molecular formula is C24H28N4O4S. The molecule has 2 saturated heterocycles. The highest BCUT2D eigenvalue weighted by Crippen LogP contribution is 2.31. The fourth-order valence-corrected chi connectivity index (χ4v) is 5.04. The Balaban J connectivity index is 1.31. The van der Waals surface area contributed by atoms with E-state index >= 15 is 0 Å². The van der Waals surface area contributed by atoms with Crippen molar-refractivity contribution >= 4 is 35.6 Å². The van der Waals surface area contributed by atoms with Gasteiger partial charge in [0.1, 0.15) is 5.76 Å². The first kappa shape index (κ1) is 23.1. The van der Waals surface area contributed by atoms with E-state index in [2.05, 4.69) is 5.32 Å². The molecule has 2 aliphatic heterocycles. The summed E-state index contributed by atoms with van der Waals surface area (Å²) in [6, 6.07) is 7.26. The molecule has 4 heterocycles. The lowest BCUT2D eigenvalue weighted by atomic mass is 9.89. The molecule has 0 bridgehead atoms. The monoisotopic (exact) mass is 468 g/mol. The average Bonchev–Trinajstić information content (AvgIpc) is 3.55. The summed E-state index contributed by atoms with van der Waals surface area (Å²) < 4.78 is 5.14. The van der Waals surface area contributed by atoms with Crippen LogP contribution in [0.25, 0.3) is 6.08 Å². The summed E-state index contributed by atoms with van der Waals surface area (Å²) in [5.41, 5.74) is 2.42. The molecule has 8 nitrogen and oxygen atoms in total. The number of furan rings is 1. The number of thioether (sulfide) groups is 1. The van der Waals surface area contributed by atoms with Crippen molar-refractivity contribution in [3.8, 4) is 0 Å². The Morgan fingerprint density at radius 3 is 2.70 bits per heavy atom. The molecule has 174 valence electrons.